The average molecular weight is 318 g/mol. The van der Waals surface area contributed by atoms with Gasteiger partial charge in [-0.15, -0.1) is 17.9 Å². The first-order valence-corrected chi connectivity index (χ1v) is 7.99. The van der Waals surface area contributed by atoms with Crippen LogP contribution in [0.15, 0.2) is 54.7 Å². The molecule has 0 aliphatic rings. The van der Waals surface area contributed by atoms with Gasteiger partial charge in [0, 0.05) is 36.9 Å². The molecular weight excluding hydrogens is 302 g/mol. The van der Waals surface area contributed by atoms with E-state index in [4.69, 9.17) is 11.6 Å². The molecule has 0 spiro atoms. The van der Waals surface area contributed by atoms with Crippen molar-refractivity contribution in [2.75, 3.05) is 6.54 Å². The molecule has 3 aromatic heterocycles. The van der Waals surface area contributed by atoms with Crippen LogP contribution in [0.4, 0.5) is 0 Å². The topological polar surface area (TPSA) is 20.5 Å². The molecule has 0 atom stereocenters. The minimum absolute atomic E-state index is 0.716. The summed E-state index contributed by atoms with van der Waals surface area (Å²) in [6.07, 6.45) is 5.84. The van der Waals surface area contributed by atoms with Gasteiger partial charge in [0.15, 0.2) is 0 Å². The second-order valence-electron chi connectivity index (χ2n) is 4.88. The summed E-state index contributed by atoms with van der Waals surface area (Å²) in [5.74, 6) is 0. The minimum atomic E-state index is 0.716. The first-order chi connectivity index (χ1) is 10.2. The number of hydrogen-bond donors (Lipinski definition) is 0. The molecule has 3 aromatic rings. The molecule has 0 fully saturated rings. The van der Waals surface area contributed by atoms with Crippen molar-refractivity contribution < 1.29 is 0 Å². The Balaban J connectivity index is 1.78. The normalized spacial score (nSPS) is 11.3. The van der Waals surface area contributed by atoms with E-state index < -0.39 is 0 Å². The number of thiophene rings is 1. The Morgan fingerprint density at radius 3 is 2.95 bits per heavy atom. The number of pyridine rings is 1. The summed E-state index contributed by atoms with van der Waals surface area (Å²) >= 11 is 7.78. The Morgan fingerprint density at radius 2 is 2.19 bits per heavy atom. The SMILES string of the molecule is C=CCN(Cc1cn2cc(Cl)ccc2n1)Cc1cccs1. The standard InChI is InChI=1S/C16H16ClN3S/c1-2-7-19(12-15-4-3-8-21-15)10-14-11-20-9-13(17)5-6-16(20)18-14/h2-6,8-9,11H,1,7,10,12H2. The van der Waals surface area contributed by atoms with Gasteiger partial charge in [-0.25, -0.2) is 4.98 Å². The molecule has 3 rings (SSSR count). The van der Waals surface area contributed by atoms with Crippen LogP contribution in [0.1, 0.15) is 10.6 Å². The van der Waals surface area contributed by atoms with E-state index in [0.717, 1.165) is 31.0 Å². The molecule has 0 aliphatic carbocycles. The van der Waals surface area contributed by atoms with Crippen molar-refractivity contribution in [2.45, 2.75) is 13.1 Å². The lowest BCUT2D eigenvalue weighted by Gasteiger charge is -2.18. The summed E-state index contributed by atoms with van der Waals surface area (Å²) < 4.78 is 1.97. The third-order valence-corrected chi connectivity index (χ3v) is 4.28. The lowest BCUT2D eigenvalue weighted by molar-refractivity contribution is 0.286. The molecule has 0 N–H and O–H groups in total. The Hall–Kier alpha value is -1.62. The van der Waals surface area contributed by atoms with Crippen molar-refractivity contribution in [2.24, 2.45) is 0 Å². The van der Waals surface area contributed by atoms with E-state index in [9.17, 15) is 0 Å². The zero-order chi connectivity index (χ0) is 14.7. The van der Waals surface area contributed by atoms with E-state index in [1.807, 2.05) is 35.0 Å². The highest BCUT2D eigenvalue weighted by molar-refractivity contribution is 7.09. The van der Waals surface area contributed by atoms with Gasteiger partial charge in [-0.2, -0.15) is 0 Å². The Bertz CT molecular complexity index is 733. The predicted octanol–water partition coefficient (Wildman–Crippen LogP) is 4.24. The Morgan fingerprint density at radius 1 is 1.29 bits per heavy atom. The second-order valence-corrected chi connectivity index (χ2v) is 6.35. The van der Waals surface area contributed by atoms with Gasteiger partial charge in [0.05, 0.1) is 10.7 Å². The van der Waals surface area contributed by atoms with E-state index in [0.29, 0.717) is 5.02 Å². The van der Waals surface area contributed by atoms with Crippen LogP contribution < -0.4 is 0 Å². The van der Waals surface area contributed by atoms with E-state index in [1.165, 1.54) is 4.88 Å². The van der Waals surface area contributed by atoms with Gasteiger partial charge in [-0.1, -0.05) is 23.7 Å². The predicted molar refractivity (Wildman–Crippen MR) is 88.8 cm³/mol. The van der Waals surface area contributed by atoms with Gasteiger partial charge in [0.25, 0.3) is 0 Å². The van der Waals surface area contributed by atoms with Crippen molar-refractivity contribution in [1.82, 2.24) is 14.3 Å². The third-order valence-electron chi connectivity index (χ3n) is 3.20. The van der Waals surface area contributed by atoms with Gasteiger partial charge in [-0.05, 0) is 23.6 Å². The smallest absolute Gasteiger partial charge is 0.137 e. The van der Waals surface area contributed by atoms with Crippen LogP contribution in [0.2, 0.25) is 5.02 Å². The minimum Gasteiger partial charge on any atom is -0.305 e. The van der Waals surface area contributed by atoms with Crippen molar-refractivity contribution in [1.29, 1.82) is 0 Å². The molecule has 0 aliphatic heterocycles. The number of hydrogen-bond acceptors (Lipinski definition) is 3. The van der Waals surface area contributed by atoms with Crippen LogP contribution in [0.5, 0.6) is 0 Å². The number of fused-ring (bicyclic) bond motifs is 1. The zero-order valence-corrected chi connectivity index (χ0v) is 13.1. The average Bonchev–Trinajstić information content (AvgIpc) is 3.07. The number of imidazole rings is 1. The highest BCUT2D eigenvalue weighted by atomic mass is 35.5. The van der Waals surface area contributed by atoms with Gasteiger partial charge >= 0.3 is 0 Å². The van der Waals surface area contributed by atoms with Gasteiger partial charge in [0.1, 0.15) is 5.65 Å². The molecule has 0 aromatic carbocycles. The van der Waals surface area contributed by atoms with Crippen LogP contribution in [0.25, 0.3) is 5.65 Å². The Labute approximate surface area is 133 Å². The molecule has 5 heteroatoms. The van der Waals surface area contributed by atoms with Crippen molar-refractivity contribution in [3.05, 3.63) is 70.3 Å². The maximum Gasteiger partial charge on any atom is 0.137 e. The molecule has 108 valence electrons. The fourth-order valence-corrected chi connectivity index (χ4v) is 3.23. The van der Waals surface area contributed by atoms with Gasteiger partial charge in [0.2, 0.25) is 0 Å². The van der Waals surface area contributed by atoms with Gasteiger partial charge in [-0.3, -0.25) is 4.90 Å². The van der Waals surface area contributed by atoms with E-state index in [1.54, 1.807) is 11.3 Å². The maximum absolute atomic E-state index is 6.01. The molecule has 3 heterocycles. The highest BCUT2D eigenvalue weighted by Crippen LogP contribution is 2.16. The fourth-order valence-electron chi connectivity index (χ4n) is 2.31. The number of halogens is 1. The molecule has 0 bridgehead atoms. The lowest BCUT2D eigenvalue weighted by atomic mass is 10.3. The summed E-state index contributed by atoms with van der Waals surface area (Å²) in [4.78, 5) is 8.31. The van der Waals surface area contributed by atoms with Crippen LogP contribution in [0.3, 0.4) is 0 Å². The van der Waals surface area contributed by atoms with Gasteiger partial charge < -0.3 is 4.40 Å². The molecule has 0 amide bonds. The molecular formula is C16H16ClN3S. The molecule has 0 saturated carbocycles. The van der Waals surface area contributed by atoms with Crippen molar-refractivity contribution in [3.8, 4) is 0 Å². The second kappa shape index (κ2) is 6.43. The van der Waals surface area contributed by atoms with Crippen LogP contribution in [0, 0.1) is 0 Å². The lowest BCUT2D eigenvalue weighted by Crippen LogP contribution is -2.22. The van der Waals surface area contributed by atoms with E-state index in [-0.39, 0.29) is 0 Å². The van der Waals surface area contributed by atoms with Crippen LogP contribution in [-0.4, -0.2) is 20.8 Å². The fraction of sp³-hybridized carbons (Fsp3) is 0.188. The van der Waals surface area contributed by atoms with E-state index in [2.05, 4.69) is 34.0 Å². The number of rotatable bonds is 6. The van der Waals surface area contributed by atoms with Crippen molar-refractivity contribution in [3.63, 3.8) is 0 Å². The Kier molecular flexibility index (Phi) is 4.39. The molecule has 0 radical (unpaired) electrons. The number of aromatic nitrogens is 2. The molecule has 3 nitrogen and oxygen atoms in total. The first kappa shape index (κ1) is 14.3. The molecule has 0 saturated heterocycles. The monoisotopic (exact) mass is 317 g/mol. The summed E-state index contributed by atoms with van der Waals surface area (Å²) in [5, 5.41) is 2.82. The van der Waals surface area contributed by atoms with Crippen LogP contribution >= 0.6 is 22.9 Å². The summed E-state index contributed by atoms with van der Waals surface area (Å²) in [7, 11) is 0. The largest absolute Gasteiger partial charge is 0.305 e. The maximum atomic E-state index is 6.01. The zero-order valence-electron chi connectivity index (χ0n) is 11.6. The quantitative estimate of drug-likeness (QED) is 0.634. The molecule has 0 unspecified atom stereocenters. The van der Waals surface area contributed by atoms with Crippen molar-refractivity contribution >= 4 is 28.6 Å². The summed E-state index contributed by atoms with van der Waals surface area (Å²) in [6, 6.07) is 8.03. The number of nitrogens with zero attached hydrogens (tertiary/aromatic N) is 3. The van der Waals surface area contributed by atoms with Crippen LogP contribution in [-0.2, 0) is 13.1 Å². The summed E-state index contributed by atoms with van der Waals surface area (Å²) in [6.45, 7) is 6.39. The highest BCUT2D eigenvalue weighted by Gasteiger charge is 2.09. The third kappa shape index (κ3) is 3.53. The first-order valence-electron chi connectivity index (χ1n) is 6.73. The van der Waals surface area contributed by atoms with E-state index >= 15 is 0 Å². The molecule has 21 heavy (non-hydrogen) atoms. The summed E-state index contributed by atoms with van der Waals surface area (Å²) in [5.41, 5.74) is 1.96.